The smallest absolute Gasteiger partial charge is 0.328 e. The molecule has 29 heavy (non-hydrogen) atoms. The number of hydrogen-bond donors (Lipinski definition) is 2. The minimum Gasteiger partial charge on any atom is -0.353 e. The molecule has 2 aromatic rings. The van der Waals surface area contributed by atoms with Gasteiger partial charge in [-0.3, -0.25) is 28.8 Å². The van der Waals surface area contributed by atoms with Crippen molar-refractivity contribution in [3.8, 4) is 0 Å². The molecule has 0 spiro atoms. The summed E-state index contributed by atoms with van der Waals surface area (Å²) in [5.74, 6) is -0.0532. The van der Waals surface area contributed by atoms with E-state index < -0.39 is 11.2 Å². The van der Waals surface area contributed by atoms with Crippen LogP contribution in [0.25, 0.3) is 10.9 Å². The molecule has 9 nitrogen and oxygen atoms in total. The number of carbonyl (C=O) groups is 2. The Balaban J connectivity index is 1.56. The molecule has 3 rings (SSSR count). The van der Waals surface area contributed by atoms with Gasteiger partial charge in [0.15, 0.2) is 0 Å². The van der Waals surface area contributed by atoms with Gasteiger partial charge in [-0.25, -0.2) is 4.79 Å². The summed E-state index contributed by atoms with van der Waals surface area (Å²) in [5.41, 5.74) is -0.414. The molecule has 0 atom stereocenters. The second-order valence-electron chi connectivity index (χ2n) is 7.56. The highest BCUT2D eigenvalue weighted by Gasteiger charge is 2.22. The molecular formula is C20H27N5O4. The molecule has 0 aliphatic carbocycles. The van der Waals surface area contributed by atoms with Crippen molar-refractivity contribution in [2.45, 2.75) is 32.9 Å². The number of fused-ring (bicyclic) bond motifs is 1. The van der Waals surface area contributed by atoms with Crippen molar-refractivity contribution in [2.75, 3.05) is 32.7 Å². The second-order valence-corrected chi connectivity index (χ2v) is 7.56. The predicted octanol–water partition coefficient (Wildman–Crippen LogP) is -0.251. The van der Waals surface area contributed by atoms with E-state index in [-0.39, 0.29) is 30.8 Å². The van der Waals surface area contributed by atoms with E-state index in [0.717, 1.165) is 0 Å². The Morgan fingerprint density at radius 2 is 1.79 bits per heavy atom. The molecule has 1 aromatic carbocycles. The number of H-pyrrole nitrogens is 1. The number of piperazine rings is 1. The maximum atomic E-state index is 12.6. The first-order valence-corrected chi connectivity index (χ1v) is 9.86. The second kappa shape index (κ2) is 9.04. The lowest BCUT2D eigenvalue weighted by Crippen LogP contribution is -2.51. The molecule has 2 N–H and O–H groups in total. The van der Waals surface area contributed by atoms with Crippen LogP contribution in [0.1, 0.15) is 20.3 Å². The van der Waals surface area contributed by atoms with E-state index in [1.165, 1.54) is 4.57 Å². The summed E-state index contributed by atoms with van der Waals surface area (Å²) in [6.07, 6.45) is 0.170. The fourth-order valence-electron chi connectivity index (χ4n) is 3.56. The maximum absolute atomic E-state index is 12.6. The highest BCUT2D eigenvalue weighted by Crippen LogP contribution is 2.09. The van der Waals surface area contributed by atoms with Crippen LogP contribution in [-0.4, -0.2) is 69.9 Å². The number of rotatable bonds is 6. The monoisotopic (exact) mass is 401 g/mol. The van der Waals surface area contributed by atoms with Crippen LogP contribution in [0, 0.1) is 0 Å². The van der Waals surface area contributed by atoms with Crippen molar-refractivity contribution in [2.24, 2.45) is 0 Å². The SMILES string of the molecule is CC(C)NC(=O)CN1CCN(C(=O)CCn2c(=O)[nH]c(=O)c3ccccc32)CC1. The van der Waals surface area contributed by atoms with Gasteiger partial charge in [0, 0.05) is 45.2 Å². The Kier molecular flexibility index (Phi) is 6.48. The van der Waals surface area contributed by atoms with Gasteiger partial charge in [0.2, 0.25) is 11.8 Å². The molecule has 2 heterocycles. The number of nitrogens with zero attached hydrogens (tertiary/aromatic N) is 3. The maximum Gasteiger partial charge on any atom is 0.328 e. The third kappa shape index (κ3) is 5.11. The van der Waals surface area contributed by atoms with Crippen LogP contribution in [0.4, 0.5) is 0 Å². The van der Waals surface area contributed by atoms with Gasteiger partial charge >= 0.3 is 5.69 Å². The first kappa shape index (κ1) is 20.8. The molecular weight excluding hydrogens is 374 g/mol. The van der Waals surface area contributed by atoms with E-state index in [1.807, 2.05) is 18.7 Å². The zero-order valence-corrected chi connectivity index (χ0v) is 16.8. The number of amides is 2. The Labute approximate surface area is 168 Å². The highest BCUT2D eigenvalue weighted by molar-refractivity contribution is 5.79. The molecule has 1 saturated heterocycles. The number of benzene rings is 1. The molecule has 0 radical (unpaired) electrons. The Morgan fingerprint density at radius 1 is 1.10 bits per heavy atom. The fraction of sp³-hybridized carbons (Fsp3) is 0.500. The van der Waals surface area contributed by atoms with Crippen LogP contribution in [0.3, 0.4) is 0 Å². The number of nitrogens with one attached hydrogen (secondary N) is 2. The fourth-order valence-corrected chi connectivity index (χ4v) is 3.56. The summed E-state index contributed by atoms with van der Waals surface area (Å²) >= 11 is 0. The van der Waals surface area contributed by atoms with E-state index in [2.05, 4.69) is 10.3 Å². The van der Waals surface area contributed by atoms with Gasteiger partial charge in [-0.2, -0.15) is 0 Å². The van der Waals surface area contributed by atoms with Crippen molar-refractivity contribution in [1.82, 2.24) is 24.7 Å². The Hall–Kier alpha value is -2.94. The molecule has 1 aliphatic heterocycles. The number of hydrogen-bond acceptors (Lipinski definition) is 5. The average molecular weight is 401 g/mol. The number of carbonyl (C=O) groups excluding carboxylic acids is 2. The Bertz CT molecular complexity index is 1000. The van der Waals surface area contributed by atoms with Gasteiger partial charge in [-0.15, -0.1) is 0 Å². The summed E-state index contributed by atoms with van der Waals surface area (Å²) in [6, 6.07) is 6.96. The lowest BCUT2D eigenvalue weighted by Gasteiger charge is -2.34. The quantitative estimate of drug-likeness (QED) is 0.694. The molecule has 9 heteroatoms. The minimum absolute atomic E-state index is 0.0101. The van der Waals surface area contributed by atoms with Crippen LogP contribution in [-0.2, 0) is 16.1 Å². The highest BCUT2D eigenvalue weighted by atomic mass is 16.2. The first-order chi connectivity index (χ1) is 13.8. The van der Waals surface area contributed by atoms with Crippen molar-refractivity contribution in [3.63, 3.8) is 0 Å². The normalized spacial score (nSPS) is 15.1. The average Bonchev–Trinajstić information content (AvgIpc) is 2.67. The first-order valence-electron chi connectivity index (χ1n) is 9.86. The predicted molar refractivity (Wildman–Crippen MR) is 110 cm³/mol. The van der Waals surface area contributed by atoms with Gasteiger partial charge in [0.25, 0.3) is 5.56 Å². The molecule has 1 fully saturated rings. The molecule has 1 aromatic heterocycles. The van der Waals surface area contributed by atoms with Gasteiger partial charge in [-0.1, -0.05) is 12.1 Å². The lowest BCUT2D eigenvalue weighted by molar-refractivity contribution is -0.133. The van der Waals surface area contributed by atoms with Gasteiger partial charge in [0.1, 0.15) is 0 Å². The number of aromatic amines is 1. The summed E-state index contributed by atoms with van der Waals surface area (Å²) in [6.45, 7) is 6.75. The largest absolute Gasteiger partial charge is 0.353 e. The molecule has 2 amide bonds. The van der Waals surface area contributed by atoms with Gasteiger partial charge in [-0.05, 0) is 26.0 Å². The van der Waals surface area contributed by atoms with E-state index in [0.29, 0.717) is 43.6 Å². The third-order valence-corrected chi connectivity index (χ3v) is 5.00. The molecule has 0 unspecified atom stereocenters. The van der Waals surface area contributed by atoms with Crippen LogP contribution in [0.2, 0.25) is 0 Å². The summed E-state index contributed by atoms with van der Waals surface area (Å²) in [4.78, 5) is 54.7. The van der Waals surface area contributed by atoms with Crippen LogP contribution >= 0.6 is 0 Å². The molecule has 156 valence electrons. The lowest BCUT2D eigenvalue weighted by atomic mass is 10.2. The summed E-state index contributed by atoms with van der Waals surface area (Å²) < 4.78 is 1.43. The summed E-state index contributed by atoms with van der Waals surface area (Å²) in [7, 11) is 0. The minimum atomic E-state index is -0.512. The van der Waals surface area contributed by atoms with Crippen molar-refractivity contribution in [3.05, 3.63) is 45.1 Å². The standard InChI is InChI=1S/C20H27N5O4/c1-14(2)21-17(26)13-23-9-11-24(12-10-23)18(27)7-8-25-16-6-4-3-5-15(16)19(28)22-20(25)29/h3-6,14H,7-13H2,1-2H3,(H,21,26)(H,22,28,29). The van der Waals surface area contributed by atoms with Crippen LogP contribution < -0.4 is 16.6 Å². The zero-order valence-electron chi connectivity index (χ0n) is 16.8. The third-order valence-electron chi connectivity index (χ3n) is 5.00. The van der Waals surface area contributed by atoms with Crippen LogP contribution in [0.15, 0.2) is 33.9 Å². The summed E-state index contributed by atoms with van der Waals surface area (Å²) in [5, 5.41) is 3.29. The number of para-hydroxylation sites is 1. The molecule has 0 saturated carbocycles. The Morgan fingerprint density at radius 3 is 2.48 bits per heavy atom. The molecule has 1 aliphatic rings. The van der Waals surface area contributed by atoms with Gasteiger partial charge in [0.05, 0.1) is 17.4 Å². The van der Waals surface area contributed by atoms with Crippen LogP contribution in [0.5, 0.6) is 0 Å². The van der Waals surface area contributed by atoms with E-state index >= 15 is 0 Å². The number of aryl methyl sites for hydroxylation is 1. The van der Waals surface area contributed by atoms with E-state index in [9.17, 15) is 19.2 Å². The number of aromatic nitrogens is 2. The van der Waals surface area contributed by atoms with E-state index in [1.54, 1.807) is 29.2 Å². The zero-order chi connectivity index (χ0) is 21.0. The van der Waals surface area contributed by atoms with Crippen molar-refractivity contribution >= 4 is 22.7 Å². The van der Waals surface area contributed by atoms with E-state index in [4.69, 9.17) is 0 Å². The van der Waals surface area contributed by atoms with Crippen molar-refractivity contribution < 1.29 is 9.59 Å². The van der Waals surface area contributed by atoms with Crippen molar-refractivity contribution in [1.29, 1.82) is 0 Å². The molecule has 0 bridgehead atoms. The topological polar surface area (TPSA) is 108 Å². The van der Waals surface area contributed by atoms with Gasteiger partial charge < -0.3 is 10.2 Å².